The molecule has 2 atom stereocenters. The number of fused-ring (bicyclic) bond motifs is 1. The molecule has 1 fully saturated rings. The molecule has 124 valence electrons. The zero-order valence-electron chi connectivity index (χ0n) is 13.6. The molecule has 0 spiro atoms. The Kier molecular flexibility index (Phi) is 5.95. The van der Waals surface area contributed by atoms with Gasteiger partial charge >= 0.3 is 0 Å². The van der Waals surface area contributed by atoms with E-state index < -0.39 is 0 Å². The first kappa shape index (κ1) is 16.8. The van der Waals surface area contributed by atoms with Gasteiger partial charge in [0.1, 0.15) is 0 Å². The second-order valence-electron chi connectivity index (χ2n) is 6.34. The van der Waals surface area contributed by atoms with Crippen molar-refractivity contribution in [2.75, 3.05) is 5.75 Å². The van der Waals surface area contributed by atoms with Crippen molar-refractivity contribution in [1.82, 2.24) is 10.3 Å². The molecule has 23 heavy (non-hydrogen) atoms. The Labute approximate surface area is 146 Å². The number of thiazole rings is 1. The van der Waals surface area contributed by atoms with Gasteiger partial charge in [0.25, 0.3) is 0 Å². The SMILES string of the molecule is C[C@H]1CCCC[C@@H]1NC(=O)CCCSc1nc2ccccc2s1. The molecule has 0 saturated heterocycles. The largest absolute Gasteiger partial charge is 0.353 e. The van der Waals surface area contributed by atoms with E-state index >= 15 is 0 Å². The number of thioether (sulfide) groups is 1. The summed E-state index contributed by atoms with van der Waals surface area (Å²) in [6.07, 6.45) is 6.50. The lowest BCUT2D eigenvalue weighted by Gasteiger charge is -2.29. The minimum atomic E-state index is 0.216. The number of carbonyl (C=O) groups excluding carboxylic acids is 1. The van der Waals surface area contributed by atoms with Crippen LogP contribution < -0.4 is 5.32 Å². The van der Waals surface area contributed by atoms with Crippen LogP contribution in [0.5, 0.6) is 0 Å². The highest BCUT2D eigenvalue weighted by Crippen LogP contribution is 2.29. The fourth-order valence-electron chi connectivity index (χ4n) is 3.11. The number of amides is 1. The Morgan fingerprint density at radius 3 is 3.00 bits per heavy atom. The molecule has 1 N–H and O–H groups in total. The molecular weight excluding hydrogens is 324 g/mol. The van der Waals surface area contributed by atoms with Crippen LogP contribution in [0.2, 0.25) is 0 Å². The fraction of sp³-hybridized carbons (Fsp3) is 0.556. The van der Waals surface area contributed by atoms with E-state index in [1.54, 1.807) is 23.1 Å². The van der Waals surface area contributed by atoms with Gasteiger partial charge in [-0.15, -0.1) is 11.3 Å². The van der Waals surface area contributed by atoms with Crippen molar-refractivity contribution in [2.45, 2.75) is 55.8 Å². The molecule has 0 bridgehead atoms. The minimum Gasteiger partial charge on any atom is -0.353 e. The summed E-state index contributed by atoms with van der Waals surface area (Å²) in [6, 6.07) is 8.62. The van der Waals surface area contributed by atoms with E-state index in [-0.39, 0.29) is 5.91 Å². The Hall–Kier alpha value is -1.07. The maximum absolute atomic E-state index is 12.1. The summed E-state index contributed by atoms with van der Waals surface area (Å²) in [5.74, 6) is 1.80. The van der Waals surface area contributed by atoms with Gasteiger partial charge in [-0.2, -0.15) is 0 Å². The van der Waals surface area contributed by atoms with Crippen molar-refractivity contribution in [3.8, 4) is 0 Å². The monoisotopic (exact) mass is 348 g/mol. The van der Waals surface area contributed by atoms with Gasteiger partial charge < -0.3 is 5.32 Å². The van der Waals surface area contributed by atoms with E-state index in [9.17, 15) is 4.79 Å². The van der Waals surface area contributed by atoms with Gasteiger partial charge in [0.05, 0.1) is 10.2 Å². The molecule has 2 aromatic rings. The summed E-state index contributed by atoms with van der Waals surface area (Å²) in [5.41, 5.74) is 1.07. The Morgan fingerprint density at radius 2 is 2.17 bits per heavy atom. The van der Waals surface area contributed by atoms with Crippen LogP contribution in [0.25, 0.3) is 10.2 Å². The van der Waals surface area contributed by atoms with E-state index in [0.717, 1.165) is 28.5 Å². The molecule has 3 rings (SSSR count). The lowest BCUT2D eigenvalue weighted by atomic mass is 9.86. The second kappa shape index (κ2) is 8.15. The molecule has 1 aromatic carbocycles. The standard InChI is InChI=1S/C18H24N2OS2/c1-13-7-2-3-8-14(13)19-17(21)11-6-12-22-18-20-15-9-4-5-10-16(15)23-18/h4-5,9-10,13-14H,2-3,6-8,11-12H2,1H3,(H,19,21)/t13-,14-/m0/s1. The van der Waals surface area contributed by atoms with Crippen LogP contribution in [0.4, 0.5) is 0 Å². The highest BCUT2D eigenvalue weighted by atomic mass is 32.2. The lowest BCUT2D eigenvalue weighted by Crippen LogP contribution is -2.40. The van der Waals surface area contributed by atoms with Crippen LogP contribution in [-0.4, -0.2) is 22.7 Å². The van der Waals surface area contributed by atoms with Gasteiger partial charge in [0.2, 0.25) is 5.91 Å². The average molecular weight is 349 g/mol. The number of hydrogen-bond donors (Lipinski definition) is 1. The molecule has 1 aliphatic carbocycles. The maximum atomic E-state index is 12.1. The molecule has 0 aliphatic heterocycles. The molecular formula is C18H24N2OS2. The van der Waals surface area contributed by atoms with Crippen molar-refractivity contribution in [1.29, 1.82) is 0 Å². The number of nitrogens with zero attached hydrogens (tertiary/aromatic N) is 1. The number of aromatic nitrogens is 1. The molecule has 0 unspecified atom stereocenters. The smallest absolute Gasteiger partial charge is 0.220 e. The molecule has 0 radical (unpaired) electrons. The van der Waals surface area contributed by atoms with E-state index in [4.69, 9.17) is 0 Å². The van der Waals surface area contributed by atoms with Gasteiger partial charge in [0, 0.05) is 18.2 Å². The third-order valence-electron chi connectivity index (χ3n) is 4.51. The number of hydrogen-bond acceptors (Lipinski definition) is 4. The molecule has 3 nitrogen and oxygen atoms in total. The zero-order chi connectivity index (χ0) is 16.1. The Morgan fingerprint density at radius 1 is 1.35 bits per heavy atom. The quantitative estimate of drug-likeness (QED) is 0.598. The number of benzene rings is 1. The zero-order valence-corrected chi connectivity index (χ0v) is 15.2. The summed E-state index contributed by atoms with van der Waals surface area (Å²) in [4.78, 5) is 16.7. The first-order valence-corrected chi connectivity index (χ1v) is 10.3. The average Bonchev–Trinajstić information content (AvgIpc) is 2.96. The Balaban J connectivity index is 1.38. The molecule has 1 amide bonds. The maximum Gasteiger partial charge on any atom is 0.220 e. The van der Waals surface area contributed by atoms with Gasteiger partial charge in [-0.3, -0.25) is 4.79 Å². The summed E-state index contributed by atoms with van der Waals surface area (Å²) < 4.78 is 2.34. The van der Waals surface area contributed by atoms with Crippen LogP contribution in [0.15, 0.2) is 28.6 Å². The highest BCUT2D eigenvalue weighted by Gasteiger charge is 2.22. The van der Waals surface area contributed by atoms with Crippen molar-refractivity contribution < 1.29 is 4.79 Å². The third-order valence-corrected chi connectivity index (χ3v) is 6.77. The summed E-state index contributed by atoms with van der Waals surface area (Å²) >= 11 is 3.50. The van der Waals surface area contributed by atoms with Gasteiger partial charge in [-0.25, -0.2) is 4.98 Å². The van der Waals surface area contributed by atoms with Crippen molar-refractivity contribution in [2.24, 2.45) is 5.92 Å². The number of carbonyl (C=O) groups is 1. The van der Waals surface area contributed by atoms with Crippen LogP contribution in [0.3, 0.4) is 0 Å². The first-order chi connectivity index (χ1) is 11.2. The normalized spacial score (nSPS) is 21.4. The molecule has 1 heterocycles. The number of para-hydroxylation sites is 1. The second-order valence-corrected chi connectivity index (χ2v) is 8.71. The number of rotatable bonds is 6. The summed E-state index contributed by atoms with van der Waals surface area (Å²) in [7, 11) is 0. The van der Waals surface area contributed by atoms with E-state index in [1.807, 2.05) is 12.1 Å². The van der Waals surface area contributed by atoms with Gasteiger partial charge in [-0.05, 0) is 37.3 Å². The predicted octanol–water partition coefficient (Wildman–Crippen LogP) is 4.86. The van der Waals surface area contributed by atoms with Gasteiger partial charge in [-0.1, -0.05) is 43.7 Å². The van der Waals surface area contributed by atoms with Crippen LogP contribution in [0.1, 0.15) is 45.4 Å². The topological polar surface area (TPSA) is 42.0 Å². The van der Waals surface area contributed by atoms with Gasteiger partial charge in [0.15, 0.2) is 4.34 Å². The van der Waals surface area contributed by atoms with Crippen molar-refractivity contribution in [3.05, 3.63) is 24.3 Å². The molecule has 1 aliphatic rings. The van der Waals surface area contributed by atoms with E-state index in [1.165, 1.54) is 24.0 Å². The van der Waals surface area contributed by atoms with Crippen molar-refractivity contribution in [3.63, 3.8) is 0 Å². The molecule has 1 saturated carbocycles. The van der Waals surface area contributed by atoms with E-state index in [2.05, 4.69) is 29.4 Å². The molecule has 5 heteroatoms. The first-order valence-electron chi connectivity index (χ1n) is 8.50. The van der Waals surface area contributed by atoms with Crippen LogP contribution in [-0.2, 0) is 4.79 Å². The van der Waals surface area contributed by atoms with E-state index in [0.29, 0.717) is 18.4 Å². The van der Waals surface area contributed by atoms with Crippen LogP contribution in [0, 0.1) is 5.92 Å². The molecule has 1 aromatic heterocycles. The Bertz CT molecular complexity index is 622. The predicted molar refractivity (Wildman–Crippen MR) is 99.1 cm³/mol. The summed E-state index contributed by atoms with van der Waals surface area (Å²) in [6.45, 7) is 2.26. The third kappa shape index (κ3) is 4.70. The van der Waals surface area contributed by atoms with Crippen molar-refractivity contribution >= 4 is 39.2 Å². The minimum absolute atomic E-state index is 0.216. The fourth-order valence-corrected chi connectivity index (χ4v) is 5.19. The number of nitrogens with one attached hydrogen (secondary N) is 1. The lowest BCUT2D eigenvalue weighted by molar-refractivity contribution is -0.122. The highest BCUT2D eigenvalue weighted by molar-refractivity contribution is 8.01. The van der Waals surface area contributed by atoms with Crippen LogP contribution >= 0.6 is 23.1 Å². The summed E-state index contributed by atoms with van der Waals surface area (Å²) in [5, 5.41) is 3.23.